The van der Waals surface area contributed by atoms with E-state index in [9.17, 15) is 14.4 Å². The SMILES string of the molecule is CC(C)(C)OC(=O)COc1ccc(/C=N/NC(=O)CN2C(=O)c3cccc4cccc2c34)cc1. The smallest absolute Gasteiger partial charge is 0.344 e. The van der Waals surface area contributed by atoms with E-state index >= 15 is 0 Å². The Hall–Kier alpha value is -4.20. The highest BCUT2D eigenvalue weighted by Crippen LogP contribution is 2.36. The monoisotopic (exact) mass is 459 g/mol. The summed E-state index contributed by atoms with van der Waals surface area (Å²) in [6.07, 6.45) is 1.48. The molecule has 0 aliphatic carbocycles. The number of nitrogens with zero attached hydrogens (tertiary/aromatic N) is 2. The van der Waals surface area contributed by atoms with Crippen molar-refractivity contribution in [3.05, 3.63) is 71.8 Å². The average molecular weight is 460 g/mol. The van der Waals surface area contributed by atoms with Crippen LogP contribution in [0.25, 0.3) is 10.8 Å². The Morgan fingerprint density at radius 3 is 2.44 bits per heavy atom. The predicted octanol–water partition coefficient (Wildman–Crippen LogP) is 3.67. The summed E-state index contributed by atoms with van der Waals surface area (Å²) >= 11 is 0. The van der Waals surface area contributed by atoms with Crippen molar-refractivity contribution in [1.29, 1.82) is 0 Å². The van der Waals surface area contributed by atoms with Crippen LogP contribution in [0.5, 0.6) is 5.75 Å². The highest BCUT2D eigenvalue weighted by molar-refractivity contribution is 6.26. The molecule has 174 valence electrons. The van der Waals surface area contributed by atoms with E-state index in [1.807, 2.05) is 30.3 Å². The van der Waals surface area contributed by atoms with Crippen LogP contribution in [0.15, 0.2) is 65.8 Å². The van der Waals surface area contributed by atoms with Crippen LogP contribution in [0.4, 0.5) is 5.69 Å². The number of hydrogen-bond donors (Lipinski definition) is 1. The molecule has 1 heterocycles. The first-order valence-electron chi connectivity index (χ1n) is 10.8. The summed E-state index contributed by atoms with van der Waals surface area (Å²) in [6.45, 7) is 5.05. The average Bonchev–Trinajstić information content (AvgIpc) is 3.05. The first kappa shape index (κ1) is 23.0. The second kappa shape index (κ2) is 9.35. The van der Waals surface area contributed by atoms with Crippen LogP contribution in [0.3, 0.4) is 0 Å². The van der Waals surface area contributed by atoms with Gasteiger partial charge in [-0.1, -0.05) is 24.3 Å². The second-order valence-corrected chi connectivity index (χ2v) is 8.81. The molecule has 0 atom stereocenters. The molecular formula is C26H25N3O5. The fraction of sp³-hybridized carbons (Fsp3) is 0.231. The Morgan fingerprint density at radius 2 is 1.74 bits per heavy atom. The van der Waals surface area contributed by atoms with E-state index in [1.54, 1.807) is 51.1 Å². The molecule has 0 radical (unpaired) electrons. The predicted molar refractivity (Wildman–Crippen MR) is 129 cm³/mol. The molecule has 0 unspecified atom stereocenters. The van der Waals surface area contributed by atoms with Gasteiger partial charge in [0.25, 0.3) is 11.8 Å². The number of rotatable bonds is 7. The van der Waals surface area contributed by atoms with Gasteiger partial charge in [-0.2, -0.15) is 5.10 Å². The van der Waals surface area contributed by atoms with Crippen LogP contribution >= 0.6 is 0 Å². The van der Waals surface area contributed by atoms with Crippen molar-refractivity contribution in [2.24, 2.45) is 5.10 Å². The van der Waals surface area contributed by atoms with Gasteiger partial charge in [0, 0.05) is 10.9 Å². The first-order chi connectivity index (χ1) is 16.2. The van der Waals surface area contributed by atoms with Gasteiger partial charge < -0.3 is 9.47 Å². The highest BCUT2D eigenvalue weighted by Gasteiger charge is 2.30. The van der Waals surface area contributed by atoms with Crippen LogP contribution in [0, 0.1) is 0 Å². The van der Waals surface area contributed by atoms with E-state index in [-0.39, 0.29) is 19.1 Å². The normalized spacial score (nSPS) is 12.9. The molecule has 3 aromatic carbocycles. The Bertz CT molecular complexity index is 1270. The summed E-state index contributed by atoms with van der Waals surface area (Å²) < 4.78 is 10.6. The van der Waals surface area contributed by atoms with Gasteiger partial charge >= 0.3 is 5.97 Å². The van der Waals surface area contributed by atoms with Gasteiger partial charge in [-0.3, -0.25) is 14.5 Å². The molecule has 0 fully saturated rings. The lowest BCUT2D eigenvalue weighted by Crippen LogP contribution is -2.37. The largest absolute Gasteiger partial charge is 0.482 e. The lowest BCUT2D eigenvalue weighted by atomic mass is 10.1. The number of anilines is 1. The van der Waals surface area contributed by atoms with Crippen LogP contribution in [-0.4, -0.2) is 42.8 Å². The molecule has 34 heavy (non-hydrogen) atoms. The zero-order valence-electron chi connectivity index (χ0n) is 19.2. The Kier molecular flexibility index (Phi) is 6.32. The number of ether oxygens (including phenoxy) is 2. The van der Waals surface area contributed by atoms with Gasteiger partial charge in [-0.15, -0.1) is 0 Å². The van der Waals surface area contributed by atoms with Crippen molar-refractivity contribution in [2.45, 2.75) is 26.4 Å². The lowest BCUT2D eigenvalue weighted by Gasteiger charge is -2.19. The molecular weight excluding hydrogens is 434 g/mol. The molecule has 1 N–H and O–H groups in total. The van der Waals surface area contributed by atoms with Gasteiger partial charge in [0.15, 0.2) is 6.61 Å². The third kappa shape index (κ3) is 5.23. The minimum absolute atomic E-state index is 0.137. The van der Waals surface area contributed by atoms with Crippen molar-refractivity contribution >= 4 is 40.5 Å². The van der Waals surface area contributed by atoms with Gasteiger partial charge in [0.05, 0.1) is 11.9 Å². The van der Waals surface area contributed by atoms with Crippen molar-refractivity contribution in [2.75, 3.05) is 18.1 Å². The quantitative estimate of drug-likeness (QED) is 0.330. The topological polar surface area (TPSA) is 97.3 Å². The Morgan fingerprint density at radius 1 is 1.03 bits per heavy atom. The molecule has 0 saturated heterocycles. The molecule has 1 aliphatic heterocycles. The Labute approximate surface area is 197 Å². The number of benzene rings is 3. The van der Waals surface area contributed by atoms with Crippen molar-refractivity contribution in [3.8, 4) is 5.75 Å². The van der Waals surface area contributed by atoms with Crippen LogP contribution in [-0.2, 0) is 14.3 Å². The van der Waals surface area contributed by atoms with Gasteiger partial charge in [0.2, 0.25) is 0 Å². The van der Waals surface area contributed by atoms with Crippen LogP contribution in [0.1, 0.15) is 36.7 Å². The van der Waals surface area contributed by atoms with E-state index in [0.717, 1.165) is 22.0 Å². The third-order valence-electron chi connectivity index (χ3n) is 5.01. The van der Waals surface area contributed by atoms with Gasteiger partial charge in [-0.05, 0) is 68.1 Å². The number of esters is 1. The summed E-state index contributed by atoms with van der Waals surface area (Å²) in [4.78, 5) is 38.4. The maximum atomic E-state index is 12.8. The van der Waals surface area contributed by atoms with Gasteiger partial charge in [-0.25, -0.2) is 10.2 Å². The third-order valence-corrected chi connectivity index (χ3v) is 5.01. The molecule has 2 amide bonds. The maximum absolute atomic E-state index is 12.8. The molecule has 8 nitrogen and oxygen atoms in total. The summed E-state index contributed by atoms with van der Waals surface area (Å²) in [6, 6.07) is 18.0. The minimum Gasteiger partial charge on any atom is -0.482 e. The van der Waals surface area contributed by atoms with Crippen LogP contribution < -0.4 is 15.1 Å². The zero-order valence-corrected chi connectivity index (χ0v) is 19.2. The number of hydrazone groups is 1. The van der Waals surface area contributed by atoms with E-state index in [0.29, 0.717) is 11.3 Å². The van der Waals surface area contributed by atoms with Gasteiger partial charge in [0.1, 0.15) is 17.9 Å². The summed E-state index contributed by atoms with van der Waals surface area (Å²) in [5.41, 5.74) is 3.93. The molecule has 0 bridgehead atoms. The van der Waals surface area contributed by atoms with E-state index in [2.05, 4.69) is 10.5 Å². The number of amides is 2. The van der Waals surface area contributed by atoms with Crippen molar-refractivity contribution in [3.63, 3.8) is 0 Å². The highest BCUT2D eigenvalue weighted by atomic mass is 16.6. The molecule has 0 saturated carbocycles. The lowest BCUT2D eigenvalue weighted by molar-refractivity contribution is -0.157. The molecule has 3 aromatic rings. The minimum atomic E-state index is -0.565. The summed E-state index contributed by atoms with van der Waals surface area (Å²) in [5.74, 6) is -0.551. The number of nitrogens with one attached hydrogen (secondary N) is 1. The Balaban J connectivity index is 1.30. The molecule has 1 aliphatic rings. The number of carbonyl (C=O) groups excluding carboxylic acids is 3. The molecule has 0 spiro atoms. The molecule has 8 heteroatoms. The standard InChI is InChI=1S/C26H25N3O5/c1-26(2,3)34-23(31)16-33-19-12-10-17(11-13-19)14-27-28-22(30)15-29-21-9-5-7-18-6-4-8-20(24(18)21)25(29)32/h4-14H,15-16H2,1-3H3,(H,28,30)/b27-14+. The second-order valence-electron chi connectivity index (χ2n) is 8.81. The van der Waals surface area contributed by atoms with Crippen molar-refractivity contribution < 1.29 is 23.9 Å². The number of hydrogen-bond acceptors (Lipinski definition) is 6. The first-order valence-corrected chi connectivity index (χ1v) is 10.8. The van der Waals surface area contributed by atoms with Crippen molar-refractivity contribution in [1.82, 2.24) is 5.43 Å². The maximum Gasteiger partial charge on any atom is 0.344 e. The zero-order chi connectivity index (χ0) is 24.3. The van der Waals surface area contributed by atoms with E-state index in [4.69, 9.17) is 9.47 Å². The number of carbonyl (C=O) groups is 3. The van der Waals surface area contributed by atoms with E-state index < -0.39 is 17.5 Å². The molecule has 4 rings (SSSR count). The molecule has 0 aromatic heterocycles. The fourth-order valence-corrected chi connectivity index (χ4v) is 3.66. The van der Waals surface area contributed by atoms with E-state index in [1.165, 1.54) is 11.1 Å². The van der Waals surface area contributed by atoms with Crippen LogP contribution in [0.2, 0.25) is 0 Å². The summed E-state index contributed by atoms with van der Waals surface area (Å²) in [7, 11) is 0. The fourth-order valence-electron chi connectivity index (χ4n) is 3.66. The summed E-state index contributed by atoms with van der Waals surface area (Å²) in [5, 5.41) is 5.80.